The lowest BCUT2D eigenvalue weighted by Gasteiger charge is -2.18. The average Bonchev–Trinajstić information content (AvgIpc) is 3.35. The van der Waals surface area contributed by atoms with Gasteiger partial charge < -0.3 is 10.1 Å². The Kier molecular flexibility index (Phi) is 8.49. The lowest BCUT2D eigenvalue weighted by atomic mass is 10.0. The number of hydrogen-bond donors (Lipinski definition) is 1. The predicted octanol–water partition coefficient (Wildman–Crippen LogP) is 5.41. The van der Waals surface area contributed by atoms with Crippen molar-refractivity contribution in [1.82, 2.24) is 14.9 Å². The Balaban J connectivity index is 1.39. The molecule has 3 aromatic rings. The summed E-state index contributed by atoms with van der Waals surface area (Å²) in [6.45, 7) is 11.8. The second-order valence-corrected chi connectivity index (χ2v) is 13.0. The summed E-state index contributed by atoms with van der Waals surface area (Å²) in [6, 6.07) is 15.0. The van der Waals surface area contributed by atoms with Gasteiger partial charge in [-0.2, -0.15) is 0 Å². The monoisotopic (exact) mass is 522 g/mol. The molecular weight excluding hydrogens is 484 g/mol. The SMILES string of the molecule is Cc1cnc(Nc2ccc(OCCN3CCCC3)cc2)nc1Cc1cccc(S(=O)(=O)CC(C)(C)C)c1. The fourth-order valence-electron chi connectivity index (χ4n) is 4.47. The zero-order valence-electron chi connectivity index (χ0n) is 22.3. The summed E-state index contributed by atoms with van der Waals surface area (Å²) < 4.78 is 31.6. The maximum atomic E-state index is 12.9. The summed E-state index contributed by atoms with van der Waals surface area (Å²) in [7, 11) is -3.36. The molecule has 1 N–H and O–H groups in total. The van der Waals surface area contributed by atoms with Crippen molar-refractivity contribution in [2.45, 2.75) is 51.9 Å². The highest BCUT2D eigenvalue weighted by Crippen LogP contribution is 2.24. The van der Waals surface area contributed by atoms with Gasteiger partial charge in [0.1, 0.15) is 12.4 Å². The average molecular weight is 523 g/mol. The molecule has 1 aromatic heterocycles. The van der Waals surface area contributed by atoms with Crippen LogP contribution in [0.3, 0.4) is 0 Å². The normalized spacial score (nSPS) is 14.6. The first-order chi connectivity index (χ1) is 17.6. The van der Waals surface area contributed by atoms with Crippen LogP contribution in [0.1, 0.15) is 50.4 Å². The van der Waals surface area contributed by atoms with Crippen molar-refractivity contribution >= 4 is 21.5 Å². The highest BCUT2D eigenvalue weighted by Gasteiger charge is 2.23. The number of aryl methyl sites for hydroxylation is 1. The minimum atomic E-state index is -3.36. The third-order valence-electron chi connectivity index (χ3n) is 6.31. The van der Waals surface area contributed by atoms with Crippen LogP contribution in [-0.2, 0) is 16.3 Å². The molecule has 198 valence electrons. The molecule has 0 amide bonds. The number of sulfone groups is 1. The van der Waals surface area contributed by atoms with E-state index in [2.05, 4.69) is 15.2 Å². The summed E-state index contributed by atoms with van der Waals surface area (Å²) in [5.74, 6) is 1.45. The topological polar surface area (TPSA) is 84.4 Å². The van der Waals surface area contributed by atoms with E-state index in [0.29, 0.717) is 23.9 Å². The second-order valence-electron chi connectivity index (χ2n) is 11.0. The van der Waals surface area contributed by atoms with Crippen molar-refractivity contribution in [2.24, 2.45) is 5.41 Å². The van der Waals surface area contributed by atoms with E-state index in [-0.39, 0.29) is 11.2 Å². The zero-order valence-corrected chi connectivity index (χ0v) is 23.1. The Morgan fingerprint density at radius 3 is 2.49 bits per heavy atom. The molecule has 2 heterocycles. The van der Waals surface area contributed by atoms with Crippen LogP contribution in [0.2, 0.25) is 0 Å². The Hall–Kier alpha value is -2.97. The Bertz CT molecular complexity index is 1300. The van der Waals surface area contributed by atoms with E-state index in [0.717, 1.165) is 34.8 Å². The van der Waals surface area contributed by atoms with Crippen molar-refractivity contribution in [3.63, 3.8) is 0 Å². The number of nitrogens with one attached hydrogen (secondary N) is 1. The molecule has 7 nitrogen and oxygen atoms in total. The molecule has 1 saturated heterocycles. The molecule has 0 atom stereocenters. The molecular formula is C29H38N4O3S. The molecule has 1 aliphatic heterocycles. The lowest BCUT2D eigenvalue weighted by molar-refractivity contribution is 0.238. The Morgan fingerprint density at radius 2 is 1.78 bits per heavy atom. The van der Waals surface area contributed by atoms with E-state index in [9.17, 15) is 8.42 Å². The molecule has 0 bridgehead atoms. The molecule has 0 saturated carbocycles. The fourth-order valence-corrected chi connectivity index (χ4v) is 6.40. The van der Waals surface area contributed by atoms with Crippen LogP contribution in [0.15, 0.2) is 59.6 Å². The molecule has 0 radical (unpaired) electrons. The standard InChI is InChI=1S/C29H38N4O3S/c1-22-20-30-28(31-24-10-12-25(13-11-24)36-17-16-33-14-5-6-15-33)32-27(22)19-23-8-7-9-26(18-23)37(34,35)21-29(2,3)4/h7-13,18,20H,5-6,14-17,19,21H2,1-4H3,(H,30,31,32). The minimum absolute atomic E-state index is 0.104. The Labute approximate surface area is 221 Å². The minimum Gasteiger partial charge on any atom is -0.492 e. The van der Waals surface area contributed by atoms with E-state index in [1.807, 2.05) is 58.0 Å². The highest BCUT2D eigenvalue weighted by molar-refractivity contribution is 7.91. The van der Waals surface area contributed by atoms with Gasteiger partial charge in [-0.05, 0) is 85.8 Å². The molecule has 1 aliphatic rings. The number of aromatic nitrogens is 2. The van der Waals surface area contributed by atoms with E-state index in [1.165, 1.54) is 25.9 Å². The van der Waals surface area contributed by atoms with Gasteiger partial charge in [-0.25, -0.2) is 18.4 Å². The van der Waals surface area contributed by atoms with Gasteiger partial charge in [0.2, 0.25) is 5.95 Å². The Morgan fingerprint density at radius 1 is 1.05 bits per heavy atom. The van der Waals surface area contributed by atoms with E-state index < -0.39 is 9.84 Å². The third kappa shape index (κ3) is 8.01. The van der Waals surface area contributed by atoms with Gasteiger partial charge in [0, 0.05) is 24.8 Å². The second kappa shape index (κ2) is 11.6. The molecule has 1 fully saturated rings. The van der Waals surface area contributed by atoms with Crippen LogP contribution in [0.4, 0.5) is 11.6 Å². The summed E-state index contributed by atoms with van der Waals surface area (Å²) in [6.07, 6.45) is 4.89. The first kappa shape index (κ1) is 27.1. The van der Waals surface area contributed by atoms with Gasteiger partial charge in [-0.1, -0.05) is 32.9 Å². The van der Waals surface area contributed by atoms with Gasteiger partial charge in [0.15, 0.2) is 9.84 Å². The first-order valence-corrected chi connectivity index (χ1v) is 14.6. The van der Waals surface area contributed by atoms with Gasteiger partial charge in [-0.15, -0.1) is 0 Å². The summed E-state index contributed by atoms with van der Waals surface area (Å²) >= 11 is 0. The lowest BCUT2D eigenvalue weighted by Crippen LogP contribution is -2.25. The first-order valence-electron chi connectivity index (χ1n) is 12.9. The van der Waals surface area contributed by atoms with Crippen LogP contribution < -0.4 is 10.1 Å². The van der Waals surface area contributed by atoms with E-state index >= 15 is 0 Å². The van der Waals surface area contributed by atoms with Gasteiger partial charge in [0.05, 0.1) is 16.3 Å². The number of ether oxygens (including phenoxy) is 1. The maximum absolute atomic E-state index is 12.9. The van der Waals surface area contributed by atoms with Crippen molar-refractivity contribution in [1.29, 1.82) is 0 Å². The van der Waals surface area contributed by atoms with Crippen molar-refractivity contribution in [3.8, 4) is 5.75 Å². The third-order valence-corrected chi connectivity index (χ3v) is 8.53. The number of rotatable bonds is 10. The number of likely N-dealkylation sites (tertiary alicyclic amines) is 1. The van der Waals surface area contributed by atoms with E-state index in [1.54, 1.807) is 24.4 Å². The number of benzene rings is 2. The van der Waals surface area contributed by atoms with Crippen LogP contribution >= 0.6 is 0 Å². The molecule has 0 aliphatic carbocycles. The quantitative estimate of drug-likeness (QED) is 0.381. The molecule has 2 aromatic carbocycles. The molecule has 8 heteroatoms. The number of anilines is 2. The molecule has 0 unspecified atom stereocenters. The molecule has 4 rings (SSSR count). The number of hydrogen-bond acceptors (Lipinski definition) is 7. The molecule has 37 heavy (non-hydrogen) atoms. The van der Waals surface area contributed by atoms with E-state index in [4.69, 9.17) is 9.72 Å². The maximum Gasteiger partial charge on any atom is 0.227 e. The van der Waals surface area contributed by atoms with Crippen molar-refractivity contribution < 1.29 is 13.2 Å². The van der Waals surface area contributed by atoms with Crippen LogP contribution in [0.5, 0.6) is 5.75 Å². The zero-order chi connectivity index (χ0) is 26.5. The van der Waals surface area contributed by atoms with Crippen LogP contribution in [0, 0.1) is 12.3 Å². The van der Waals surface area contributed by atoms with Crippen LogP contribution in [0.25, 0.3) is 0 Å². The smallest absolute Gasteiger partial charge is 0.227 e. The summed E-state index contributed by atoms with van der Waals surface area (Å²) in [5.41, 5.74) is 3.27. The molecule has 0 spiro atoms. The van der Waals surface area contributed by atoms with Gasteiger partial charge in [0.25, 0.3) is 0 Å². The van der Waals surface area contributed by atoms with Gasteiger partial charge >= 0.3 is 0 Å². The largest absolute Gasteiger partial charge is 0.492 e. The summed E-state index contributed by atoms with van der Waals surface area (Å²) in [5, 5.41) is 3.26. The van der Waals surface area contributed by atoms with Crippen molar-refractivity contribution in [3.05, 3.63) is 71.5 Å². The van der Waals surface area contributed by atoms with Crippen molar-refractivity contribution in [2.75, 3.05) is 37.3 Å². The highest BCUT2D eigenvalue weighted by atomic mass is 32.2. The van der Waals surface area contributed by atoms with Crippen LogP contribution in [-0.4, -0.2) is 55.3 Å². The van der Waals surface area contributed by atoms with Gasteiger partial charge in [-0.3, -0.25) is 4.90 Å². The number of nitrogens with zero attached hydrogens (tertiary/aromatic N) is 3. The predicted molar refractivity (Wildman–Crippen MR) is 148 cm³/mol. The fraction of sp³-hybridized carbons (Fsp3) is 0.448. The summed E-state index contributed by atoms with van der Waals surface area (Å²) in [4.78, 5) is 11.9.